The molecule has 22 heavy (non-hydrogen) atoms. The zero-order valence-corrected chi connectivity index (χ0v) is 11.5. The maximum atomic E-state index is 12.8. The molecule has 0 aliphatic carbocycles. The summed E-state index contributed by atoms with van der Waals surface area (Å²) in [5.41, 5.74) is -1.40. The smallest absolute Gasteiger partial charge is 0.492 e. The first kappa shape index (κ1) is 17.9. The highest BCUT2D eigenvalue weighted by Gasteiger charge is 2.36. The minimum absolute atomic E-state index is 0.000543. The van der Waals surface area contributed by atoms with E-state index in [0.29, 0.717) is 6.20 Å². The van der Waals surface area contributed by atoms with E-state index in [1.165, 1.54) is 6.92 Å². The van der Waals surface area contributed by atoms with Crippen LogP contribution in [0.3, 0.4) is 0 Å². The maximum absolute atomic E-state index is 12.8. The van der Waals surface area contributed by atoms with Gasteiger partial charge in [-0.15, -0.1) is 13.2 Å². The van der Waals surface area contributed by atoms with Gasteiger partial charge in [-0.25, -0.2) is 8.78 Å². The average Bonchev–Trinajstić information content (AvgIpc) is 2.38. The molecule has 0 saturated carbocycles. The summed E-state index contributed by atoms with van der Waals surface area (Å²) >= 11 is 0. The van der Waals surface area contributed by atoms with Crippen molar-refractivity contribution >= 4 is 5.97 Å². The molecule has 5 nitrogen and oxygen atoms in total. The van der Waals surface area contributed by atoms with E-state index in [1.807, 2.05) is 0 Å². The Balaban J connectivity index is 3.33. The Morgan fingerprint density at radius 2 is 1.95 bits per heavy atom. The molecule has 0 aliphatic heterocycles. The Kier molecular flexibility index (Phi) is 5.89. The number of rotatable bonds is 6. The maximum Gasteiger partial charge on any atom is 0.573 e. The Bertz CT molecular complexity index is 533. The van der Waals surface area contributed by atoms with Gasteiger partial charge in [0.2, 0.25) is 0 Å². The summed E-state index contributed by atoms with van der Waals surface area (Å²) in [6.45, 7) is 1.50. The number of aromatic nitrogens is 1. The van der Waals surface area contributed by atoms with Crippen LogP contribution in [-0.2, 0) is 16.0 Å². The van der Waals surface area contributed by atoms with E-state index >= 15 is 0 Å². The van der Waals surface area contributed by atoms with Crippen molar-refractivity contribution in [2.45, 2.75) is 26.1 Å². The number of ether oxygens (including phenoxy) is 3. The minimum Gasteiger partial charge on any atom is -0.492 e. The van der Waals surface area contributed by atoms with Crippen molar-refractivity contribution in [3.8, 4) is 11.5 Å². The molecule has 0 aliphatic rings. The van der Waals surface area contributed by atoms with Crippen LogP contribution < -0.4 is 9.47 Å². The Morgan fingerprint density at radius 3 is 2.41 bits per heavy atom. The summed E-state index contributed by atoms with van der Waals surface area (Å²) < 4.78 is 75.8. The van der Waals surface area contributed by atoms with E-state index in [9.17, 15) is 26.7 Å². The minimum atomic E-state index is -5.17. The molecule has 0 atom stereocenters. The van der Waals surface area contributed by atoms with Gasteiger partial charge in [0, 0.05) is 6.20 Å². The normalized spacial score (nSPS) is 11.5. The fourth-order valence-corrected chi connectivity index (χ4v) is 1.59. The second kappa shape index (κ2) is 7.23. The number of hydrogen-bond donors (Lipinski definition) is 0. The first-order valence-corrected chi connectivity index (χ1v) is 5.94. The Hall–Kier alpha value is -2.13. The molecule has 0 saturated heterocycles. The van der Waals surface area contributed by atoms with Gasteiger partial charge in [-0.2, -0.15) is 0 Å². The van der Waals surface area contributed by atoms with E-state index in [-0.39, 0.29) is 6.61 Å². The van der Waals surface area contributed by atoms with Crippen molar-refractivity contribution in [2.75, 3.05) is 13.7 Å². The fraction of sp³-hybridized carbons (Fsp3) is 0.500. The van der Waals surface area contributed by atoms with Crippen molar-refractivity contribution in [1.82, 2.24) is 4.98 Å². The molecule has 10 heteroatoms. The predicted molar refractivity (Wildman–Crippen MR) is 62.8 cm³/mol. The molecule has 0 unspecified atom stereocenters. The van der Waals surface area contributed by atoms with Crippen molar-refractivity contribution < 1.29 is 41.0 Å². The molecule has 1 rings (SSSR count). The van der Waals surface area contributed by atoms with Crippen LogP contribution in [0.4, 0.5) is 22.0 Å². The third-order valence-corrected chi connectivity index (χ3v) is 2.36. The number of hydrogen-bond acceptors (Lipinski definition) is 5. The Labute approximate surface area is 122 Å². The zero-order chi connectivity index (χ0) is 16.9. The third-order valence-electron chi connectivity index (χ3n) is 2.36. The van der Waals surface area contributed by atoms with Crippen LogP contribution in [0.2, 0.25) is 0 Å². The van der Waals surface area contributed by atoms with Gasteiger partial charge in [0.05, 0.1) is 31.4 Å². The van der Waals surface area contributed by atoms with E-state index in [1.54, 1.807) is 0 Å². The summed E-state index contributed by atoms with van der Waals surface area (Å²) in [7, 11) is 0.901. The average molecular weight is 329 g/mol. The summed E-state index contributed by atoms with van der Waals surface area (Å²) in [4.78, 5) is 14.8. The van der Waals surface area contributed by atoms with E-state index in [2.05, 4.69) is 19.2 Å². The van der Waals surface area contributed by atoms with E-state index in [0.717, 1.165) is 7.11 Å². The van der Waals surface area contributed by atoms with Gasteiger partial charge in [-0.3, -0.25) is 9.78 Å². The first-order valence-electron chi connectivity index (χ1n) is 5.94. The predicted octanol–water partition coefficient (Wildman–Crippen LogP) is 3.03. The number of pyridine rings is 1. The van der Waals surface area contributed by atoms with Crippen LogP contribution in [-0.4, -0.2) is 31.0 Å². The topological polar surface area (TPSA) is 57.7 Å². The van der Waals surface area contributed by atoms with Crippen LogP contribution >= 0.6 is 0 Å². The first-order chi connectivity index (χ1) is 10.2. The van der Waals surface area contributed by atoms with E-state index in [4.69, 9.17) is 0 Å². The van der Waals surface area contributed by atoms with Crippen LogP contribution in [0.15, 0.2) is 6.20 Å². The van der Waals surface area contributed by atoms with Crippen molar-refractivity contribution in [1.29, 1.82) is 0 Å². The Morgan fingerprint density at radius 1 is 1.32 bits per heavy atom. The van der Waals surface area contributed by atoms with Crippen LogP contribution in [0.1, 0.15) is 24.6 Å². The molecule has 1 heterocycles. The highest BCUT2D eigenvalue weighted by atomic mass is 19.4. The number of esters is 1. The summed E-state index contributed by atoms with van der Waals surface area (Å²) in [5.74, 6) is -2.80. The standard InChI is InChI=1S/C12H12F5NO4/c1-3-21-8(19)4-7-10(22-12(15,16)17)9(20-2)6(5-18-7)11(13)14/h5,11H,3-4H2,1-2H3. The van der Waals surface area contributed by atoms with Gasteiger partial charge in [0.15, 0.2) is 11.5 Å². The van der Waals surface area contributed by atoms with Gasteiger partial charge >= 0.3 is 12.3 Å². The number of halogens is 5. The van der Waals surface area contributed by atoms with Gasteiger partial charge in [-0.1, -0.05) is 0 Å². The molecular formula is C12H12F5NO4. The molecule has 1 aromatic rings. The molecule has 0 N–H and O–H groups in total. The molecule has 124 valence electrons. The SMILES string of the molecule is CCOC(=O)Cc1ncc(C(F)F)c(OC)c1OC(F)(F)F. The quantitative estimate of drug-likeness (QED) is 0.593. The summed E-state index contributed by atoms with van der Waals surface area (Å²) in [6, 6.07) is 0. The zero-order valence-electron chi connectivity index (χ0n) is 11.5. The second-order valence-electron chi connectivity index (χ2n) is 3.85. The van der Waals surface area contributed by atoms with Crippen LogP contribution in [0.25, 0.3) is 0 Å². The van der Waals surface area contributed by atoms with E-state index < -0.39 is 47.9 Å². The number of carbonyl (C=O) groups excluding carboxylic acids is 1. The number of carbonyl (C=O) groups is 1. The molecule has 0 aromatic carbocycles. The lowest BCUT2D eigenvalue weighted by molar-refractivity contribution is -0.275. The van der Waals surface area contributed by atoms with Crippen LogP contribution in [0.5, 0.6) is 11.5 Å². The largest absolute Gasteiger partial charge is 0.573 e. The van der Waals surface area contributed by atoms with Crippen molar-refractivity contribution in [3.63, 3.8) is 0 Å². The summed E-state index contributed by atoms with van der Waals surface area (Å²) in [6.07, 6.45) is -8.35. The van der Waals surface area contributed by atoms with Crippen molar-refractivity contribution in [2.24, 2.45) is 0 Å². The molecule has 0 radical (unpaired) electrons. The molecule has 1 aromatic heterocycles. The second-order valence-corrected chi connectivity index (χ2v) is 3.85. The van der Waals surface area contributed by atoms with Gasteiger partial charge in [0.1, 0.15) is 0 Å². The number of methoxy groups -OCH3 is 1. The molecule has 0 fully saturated rings. The lowest BCUT2D eigenvalue weighted by Crippen LogP contribution is -2.21. The van der Waals surface area contributed by atoms with Gasteiger partial charge in [-0.05, 0) is 6.92 Å². The van der Waals surface area contributed by atoms with Gasteiger partial charge < -0.3 is 14.2 Å². The van der Waals surface area contributed by atoms with Crippen molar-refractivity contribution in [3.05, 3.63) is 17.5 Å². The molecule has 0 bridgehead atoms. The van der Waals surface area contributed by atoms with Gasteiger partial charge in [0.25, 0.3) is 6.43 Å². The fourth-order valence-electron chi connectivity index (χ4n) is 1.59. The highest BCUT2D eigenvalue weighted by molar-refractivity contribution is 5.73. The highest BCUT2D eigenvalue weighted by Crippen LogP contribution is 2.41. The third kappa shape index (κ3) is 4.71. The molecule has 0 spiro atoms. The lowest BCUT2D eigenvalue weighted by atomic mass is 10.1. The monoisotopic (exact) mass is 329 g/mol. The lowest BCUT2D eigenvalue weighted by Gasteiger charge is -2.17. The van der Waals surface area contributed by atoms with Crippen LogP contribution in [0, 0.1) is 0 Å². The number of alkyl halides is 5. The molecular weight excluding hydrogens is 317 g/mol. The summed E-state index contributed by atoms with van der Waals surface area (Å²) in [5, 5.41) is 0. The molecule has 0 amide bonds. The number of nitrogens with zero attached hydrogens (tertiary/aromatic N) is 1.